The highest BCUT2D eigenvalue weighted by atomic mass is 127. The van der Waals surface area contributed by atoms with Crippen LogP contribution in [0, 0.1) is 6.92 Å². The molecule has 0 aliphatic heterocycles. The second kappa shape index (κ2) is 10.1. The third-order valence-corrected chi connectivity index (χ3v) is 3.42. The predicted molar refractivity (Wildman–Crippen MR) is 107 cm³/mol. The molecule has 0 aliphatic carbocycles. The summed E-state index contributed by atoms with van der Waals surface area (Å²) in [5.41, 5.74) is 9.38. The average molecular weight is 425 g/mol. The summed E-state index contributed by atoms with van der Waals surface area (Å²) in [6, 6.07) is 16.4. The molecular formula is C18H24IN3O. The summed E-state index contributed by atoms with van der Waals surface area (Å²) in [4.78, 5) is 4.37. The number of nitrogens with one attached hydrogen (secondary N) is 1. The summed E-state index contributed by atoms with van der Waals surface area (Å²) in [6.07, 6.45) is 0.922. The molecule has 0 unspecified atom stereocenters. The minimum atomic E-state index is 0. The molecule has 124 valence electrons. The number of aryl methyl sites for hydroxylation is 1. The van der Waals surface area contributed by atoms with Crippen molar-refractivity contribution in [3.8, 4) is 5.75 Å². The van der Waals surface area contributed by atoms with Crippen molar-refractivity contribution in [2.24, 2.45) is 10.7 Å². The summed E-state index contributed by atoms with van der Waals surface area (Å²) >= 11 is 0. The van der Waals surface area contributed by atoms with E-state index >= 15 is 0 Å². The van der Waals surface area contributed by atoms with Crippen molar-refractivity contribution in [2.45, 2.75) is 19.9 Å². The zero-order valence-electron chi connectivity index (χ0n) is 13.6. The molecule has 4 nitrogen and oxygen atoms in total. The van der Waals surface area contributed by atoms with Crippen LogP contribution in [0.25, 0.3) is 0 Å². The number of halogens is 1. The Balaban J connectivity index is 0.00000264. The minimum Gasteiger partial charge on any atom is -0.496 e. The predicted octanol–water partition coefficient (Wildman–Crippen LogP) is 3.27. The molecule has 23 heavy (non-hydrogen) atoms. The summed E-state index contributed by atoms with van der Waals surface area (Å²) in [5, 5.41) is 3.14. The molecular weight excluding hydrogens is 401 g/mol. The molecule has 3 N–H and O–H groups in total. The molecule has 0 atom stereocenters. The molecule has 2 rings (SSSR count). The smallest absolute Gasteiger partial charge is 0.188 e. The van der Waals surface area contributed by atoms with E-state index < -0.39 is 0 Å². The Kier molecular flexibility index (Phi) is 8.47. The topological polar surface area (TPSA) is 59.6 Å². The van der Waals surface area contributed by atoms with Gasteiger partial charge < -0.3 is 15.8 Å². The Morgan fingerprint density at radius 1 is 1.17 bits per heavy atom. The Morgan fingerprint density at radius 3 is 2.61 bits per heavy atom. The van der Waals surface area contributed by atoms with Crippen LogP contribution in [0.4, 0.5) is 0 Å². The normalized spacial score (nSPS) is 10.8. The van der Waals surface area contributed by atoms with Gasteiger partial charge in [0.1, 0.15) is 5.75 Å². The molecule has 0 spiro atoms. The highest BCUT2D eigenvalue weighted by Crippen LogP contribution is 2.20. The third kappa shape index (κ3) is 6.48. The number of rotatable bonds is 6. The fourth-order valence-corrected chi connectivity index (χ4v) is 2.19. The Hall–Kier alpha value is -1.76. The van der Waals surface area contributed by atoms with Crippen LogP contribution < -0.4 is 15.8 Å². The van der Waals surface area contributed by atoms with E-state index in [1.54, 1.807) is 7.11 Å². The first-order valence-corrected chi connectivity index (χ1v) is 7.40. The fraction of sp³-hybridized carbons (Fsp3) is 0.278. The molecule has 0 saturated carbocycles. The van der Waals surface area contributed by atoms with Gasteiger partial charge in [0.15, 0.2) is 5.96 Å². The maximum absolute atomic E-state index is 5.91. The van der Waals surface area contributed by atoms with Gasteiger partial charge in [0.25, 0.3) is 0 Å². The molecule has 5 heteroatoms. The highest BCUT2D eigenvalue weighted by molar-refractivity contribution is 14.0. The van der Waals surface area contributed by atoms with E-state index in [-0.39, 0.29) is 24.0 Å². The quantitative estimate of drug-likeness (QED) is 0.425. The van der Waals surface area contributed by atoms with E-state index in [2.05, 4.69) is 22.4 Å². The minimum absolute atomic E-state index is 0. The highest BCUT2D eigenvalue weighted by Gasteiger charge is 2.02. The molecule has 0 bridgehead atoms. The summed E-state index contributed by atoms with van der Waals surface area (Å²) in [7, 11) is 1.67. The number of benzene rings is 2. The van der Waals surface area contributed by atoms with Gasteiger partial charge in [0.05, 0.1) is 13.7 Å². The van der Waals surface area contributed by atoms with Crippen molar-refractivity contribution in [3.63, 3.8) is 0 Å². The molecule has 0 radical (unpaired) electrons. The van der Waals surface area contributed by atoms with Crippen LogP contribution in [0.3, 0.4) is 0 Å². The fourth-order valence-electron chi connectivity index (χ4n) is 2.19. The van der Waals surface area contributed by atoms with E-state index in [1.165, 1.54) is 11.1 Å². The lowest BCUT2D eigenvalue weighted by Crippen LogP contribution is -2.33. The number of aliphatic imine (C=N–C) groups is 1. The van der Waals surface area contributed by atoms with Gasteiger partial charge in [-0.15, -0.1) is 24.0 Å². The van der Waals surface area contributed by atoms with Crippen LogP contribution in [-0.2, 0) is 13.0 Å². The Bertz CT molecular complexity index is 629. The first-order valence-electron chi connectivity index (χ1n) is 7.40. The molecule has 0 amide bonds. The number of nitrogens with two attached hydrogens (primary N) is 1. The van der Waals surface area contributed by atoms with Gasteiger partial charge in [-0.3, -0.25) is 0 Å². The number of ether oxygens (including phenoxy) is 1. The Labute approximate surface area is 155 Å². The lowest BCUT2D eigenvalue weighted by Gasteiger charge is -2.09. The number of guanidine groups is 1. The van der Waals surface area contributed by atoms with E-state index in [1.807, 2.05) is 43.3 Å². The number of nitrogens with zero attached hydrogens (tertiary/aromatic N) is 1. The first kappa shape index (κ1) is 19.3. The summed E-state index contributed by atoms with van der Waals surface area (Å²) in [5.74, 6) is 1.30. The van der Waals surface area contributed by atoms with Crippen molar-refractivity contribution in [1.82, 2.24) is 5.32 Å². The summed E-state index contributed by atoms with van der Waals surface area (Å²) < 4.78 is 5.37. The molecule has 0 saturated heterocycles. The molecule has 2 aromatic carbocycles. The van der Waals surface area contributed by atoms with Crippen LogP contribution in [0.1, 0.15) is 16.7 Å². The lowest BCUT2D eigenvalue weighted by atomic mass is 10.1. The van der Waals surface area contributed by atoms with Crippen molar-refractivity contribution < 1.29 is 4.74 Å². The monoisotopic (exact) mass is 425 g/mol. The number of hydrogen-bond acceptors (Lipinski definition) is 2. The van der Waals surface area contributed by atoms with Gasteiger partial charge in [0, 0.05) is 12.1 Å². The zero-order chi connectivity index (χ0) is 15.8. The van der Waals surface area contributed by atoms with E-state index in [4.69, 9.17) is 10.5 Å². The van der Waals surface area contributed by atoms with Crippen LogP contribution in [-0.4, -0.2) is 19.6 Å². The van der Waals surface area contributed by atoms with Gasteiger partial charge in [-0.25, -0.2) is 4.99 Å². The maximum Gasteiger partial charge on any atom is 0.188 e. The first-order chi connectivity index (χ1) is 10.7. The molecule has 2 aromatic rings. The van der Waals surface area contributed by atoms with E-state index in [9.17, 15) is 0 Å². The molecule has 0 fully saturated rings. The average Bonchev–Trinajstić information content (AvgIpc) is 2.54. The largest absolute Gasteiger partial charge is 0.496 e. The maximum atomic E-state index is 5.91. The van der Waals surface area contributed by atoms with Crippen LogP contribution >= 0.6 is 24.0 Å². The van der Waals surface area contributed by atoms with Gasteiger partial charge >= 0.3 is 0 Å². The van der Waals surface area contributed by atoms with Crippen molar-refractivity contribution >= 4 is 29.9 Å². The van der Waals surface area contributed by atoms with Crippen LogP contribution in [0.5, 0.6) is 5.75 Å². The van der Waals surface area contributed by atoms with Gasteiger partial charge in [0.2, 0.25) is 0 Å². The van der Waals surface area contributed by atoms with Crippen molar-refractivity contribution in [3.05, 3.63) is 65.2 Å². The van der Waals surface area contributed by atoms with Crippen LogP contribution in [0.2, 0.25) is 0 Å². The van der Waals surface area contributed by atoms with Gasteiger partial charge in [-0.05, 0) is 30.5 Å². The van der Waals surface area contributed by atoms with Gasteiger partial charge in [-0.1, -0.05) is 42.5 Å². The van der Waals surface area contributed by atoms with Gasteiger partial charge in [-0.2, -0.15) is 0 Å². The zero-order valence-corrected chi connectivity index (χ0v) is 15.9. The number of hydrogen-bond donors (Lipinski definition) is 2. The van der Waals surface area contributed by atoms with E-state index in [0.717, 1.165) is 24.3 Å². The number of methoxy groups -OCH3 is 1. The Morgan fingerprint density at radius 2 is 1.91 bits per heavy atom. The summed E-state index contributed by atoms with van der Waals surface area (Å²) in [6.45, 7) is 3.31. The molecule has 0 heterocycles. The molecule has 0 aromatic heterocycles. The second-order valence-electron chi connectivity index (χ2n) is 5.18. The second-order valence-corrected chi connectivity index (χ2v) is 5.18. The third-order valence-electron chi connectivity index (χ3n) is 3.42. The van der Waals surface area contributed by atoms with E-state index in [0.29, 0.717) is 12.5 Å². The van der Waals surface area contributed by atoms with Crippen LogP contribution in [0.15, 0.2) is 53.5 Å². The van der Waals surface area contributed by atoms with Crippen molar-refractivity contribution in [2.75, 3.05) is 13.7 Å². The lowest BCUT2D eigenvalue weighted by molar-refractivity contribution is 0.409. The molecule has 0 aliphatic rings. The SMILES string of the molecule is COc1cc(C)ccc1CN=C(N)NCCc1ccccc1.I. The standard InChI is InChI=1S/C18H23N3O.HI/c1-14-8-9-16(17(12-14)22-2)13-21-18(19)20-11-10-15-6-4-3-5-7-15;/h3-9,12H,10-11,13H2,1-2H3,(H3,19,20,21);1H. The van der Waals surface area contributed by atoms with Crippen molar-refractivity contribution in [1.29, 1.82) is 0 Å².